The molecule has 0 atom stereocenters. The Morgan fingerprint density at radius 2 is 0.935 bits per heavy atom. The maximum Gasteiger partial charge on any atom is -0.0134 e. The summed E-state index contributed by atoms with van der Waals surface area (Å²) in [5, 5.41) is 4.19. The molecule has 0 aromatic heterocycles. The van der Waals surface area contributed by atoms with Gasteiger partial charge in [-0.1, -0.05) is 91.0 Å². The van der Waals surface area contributed by atoms with Gasteiger partial charge in [0.1, 0.15) is 0 Å². The molecule has 0 saturated heterocycles. The minimum Gasteiger partial charge on any atom is -0.0622 e. The van der Waals surface area contributed by atoms with Crippen molar-refractivity contribution in [3.05, 3.63) is 112 Å². The van der Waals surface area contributed by atoms with E-state index in [1.165, 1.54) is 32.6 Å². The van der Waals surface area contributed by atoms with Crippen molar-refractivity contribution in [2.24, 2.45) is 5.41 Å². The second-order valence-corrected chi connectivity index (χ2v) is 11.5. The van der Waals surface area contributed by atoms with E-state index in [0.29, 0.717) is 5.41 Å². The van der Waals surface area contributed by atoms with E-state index in [0.717, 1.165) is 0 Å². The molecular weight excluding hydrogens is 438 g/mol. The average Bonchev–Trinajstić information content (AvgIpc) is 2.95. The molecule has 3 aromatic rings. The van der Waals surface area contributed by atoms with Crippen molar-refractivity contribution in [2.75, 3.05) is 0 Å². The van der Waals surface area contributed by atoms with Gasteiger partial charge in [-0.3, -0.25) is 0 Å². The second-order valence-electron chi connectivity index (χ2n) is 8.28. The van der Waals surface area contributed by atoms with Crippen LogP contribution in [-0.4, -0.2) is 0 Å². The van der Waals surface area contributed by atoms with Crippen LogP contribution in [0.2, 0.25) is 5.89 Å². The van der Waals surface area contributed by atoms with E-state index >= 15 is 0 Å². The standard InChI is InChI=1S/C18H15P.C10H15.CH3.Ni/c1-4-10-16(11-5-1)19(17-12-6-2-7-13-17)18-14-8-3-9-15-18;1-7-6-10(4,5)9(3)8(7)2;;/h1-15H;1-5H3;1H3;. The first-order valence-corrected chi connectivity index (χ1v) is 13.5. The van der Waals surface area contributed by atoms with Gasteiger partial charge in [0.25, 0.3) is 0 Å². The topological polar surface area (TPSA) is 0 Å². The molecule has 31 heavy (non-hydrogen) atoms. The third-order valence-electron chi connectivity index (χ3n) is 6.08. The Morgan fingerprint density at radius 3 is 1.16 bits per heavy atom. The number of hydrogen-bond donors (Lipinski definition) is 0. The van der Waals surface area contributed by atoms with Crippen molar-refractivity contribution in [3.63, 3.8) is 0 Å². The fourth-order valence-electron chi connectivity index (χ4n) is 4.02. The Bertz CT molecular complexity index is 954. The van der Waals surface area contributed by atoms with Crippen LogP contribution >= 0.6 is 7.92 Å². The van der Waals surface area contributed by atoms with E-state index in [-0.39, 0.29) is 0 Å². The van der Waals surface area contributed by atoms with Crippen LogP contribution < -0.4 is 15.9 Å². The molecule has 0 unspecified atom stereocenters. The summed E-state index contributed by atoms with van der Waals surface area (Å²) in [7, 11) is -0.446. The summed E-state index contributed by atoms with van der Waals surface area (Å²) < 4.78 is 1.56. The molecule has 0 amide bonds. The van der Waals surface area contributed by atoms with E-state index in [4.69, 9.17) is 0 Å². The van der Waals surface area contributed by atoms with E-state index in [2.05, 4.69) is 132 Å². The Balaban J connectivity index is 0.000000196. The maximum absolute atomic E-state index is 2.32. The molecule has 1 aliphatic rings. The molecular formula is C29H33NiP. The average molecular weight is 471 g/mol. The predicted molar refractivity (Wildman–Crippen MR) is 136 cm³/mol. The van der Waals surface area contributed by atoms with Crippen LogP contribution in [0.3, 0.4) is 0 Å². The van der Waals surface area contributed by atoms with Crippen molar-refractivity contribution in [1.82, 2.24) is 0 Å². The monoisotopic (exact) mass is 470 g/mol. The summed E-state index contributed by atoms with van der Waals surface area (Å²) in [6.45, 7) is 11.4. The molecule has 3 aromatic carbocycles. The molecule has 0 N–H and O–H groups in total. The number of hydrogen-bond acceptors (Lipinski definition) is 0. The molecule has 0 aliphatic heterocycles. The van der Waals surface area contributed by atoms with Gasteiger partial charge in [0.2, 0.25) is 0 Å². The summed E-state index contributed by atoms with van der Waals surface area (Å²) in [6.07, 6.45) is 0. The quantitative estimate of drug-likeness (QED) is 0.279. The van der Waals surface area contributed by atoms with Crippen LogP contribution in [0, 0.1) is 5.41 Å². The van der Waals surface area contributed by atoms with Gasteiger partial charge in [0.05, 0.1) is 0 Å². The Morgan fingerprint density at radius 1 is 0.581 bits per heavy atom. The normalized spacial score (nSPS) is 15.3. The maximum atomic E-state index is 2.32. The predicted octanol–water partition coefficient (Wildman–Crippen LogP) is 7.21. The third-order valence-corrected chi connectivity index (χ3v) is 10.0. The van der Waals surface area contributed by atoms with Gasteiger partial charge in [0.15, 0.2) is 0 Å². The van der Waals surface area contributed by atoms with Crippen LogP contribution in [0.4, 0.5) is 0 Å². The third kappa shape index (κ3) is 5.28. The zero-order chi connectivity index (χ0) is 22.4. The minimum atomic E-state index is -0.446. The summed E-state index contributed by atoms with van der Waals surface area (Å²) >= 11 is 1.72. The van der Waals surface area contributed by atoms with Crippen molar-refractivity contribution >= 4 is 23.8 Å². The molecule has 0 fully saturated rings. The number of allylic oxidation sites excluding steroid dienone is 4. The molecule has 0 nitrogen and oxygen atoms in total. The van der Waals surface area contributed by atoms with Crippen LogP contribution in [0.1, 0.15) is 34.6 Å². The molecule has 4 rings (SSSR count). The first-order chi connectivity index (χ1) is 14.9. The van der Waals surface area contributed by atoms with Crippen molar-refractivity contribution in [1.29, 1.82) is 0 Å². The Hall–Kier alpha value is -1.94. The number of benzene rings is 3. The van der Waals surface area contributed by atoms with Gasteiger partial charge in [-0.2, -0.15) is 0 Å². The van der Waals surface area contributed by atoms with Gasteiger partial charge in [0, 0.05) is 0 Å². The Labute approximate surface area is 196 Å². The van der Waals surface area contributed by atoms with E-state index in [9.17, 15) is 0 Å². The van der Waals surface area contributed by atoms with E-state index in [1.807, 2.05) is 0 Å². The SMILES string of the molecule is [CH3][Ni][C]1=C(C)C(C)=C(C)C1(C)C.c1ccc(P(c2ccccc2)c2ccccc2)cc1. The first-order valence-electron chi connectivity index (χ1n) is 10.6. The van der Waals surface area contributed by atoms with E-state index < -0.39 is 7.92 Å². The van der Waals surface area contributed by atoms with Gasteiger partial charge < -0.3 is 0 Å². The van der Waals surface area contributed by atoms with Crippen LogP contribution in [0.15, 0.2) is 112 Å². The Kier molecular flexibility index (Phi) is 8.10. The molecule has 164 valence electrons. The van der Waals surface area contributed by atoms with Crippen molar-refractivity contribution in [3.8, 4) is 0 Å². The van der Waals surface area contributed by atoms with Crippen LogP contribution in [0.25, 0.3) is 0 Å². The number of rotatable bonds is 4. The molecule has 0 heterocycles. The fourth-order valence-corrected chi connectivity index (χ4v) is 7.68. The van der Waals surface area contributed by atoms with Crippen LogP contribution in [-0.2, 0) is 14.4 Å². The molecule has 1 aliphatic carbocycles. The van der Waals surface area contributed by atoms with Crippen LogP contribution in [0.5, 0.6) is 0 Å². The molecule has 0 spiro atoms. The zero-order valence-electron chi connectivity index (χ0n) is 19.4. The molecule has 0 radical (unpaired) electrons. The van der Waals surface area contributed by atoms with Crippen molar-refractivity contribution < 1.29 is 14.4 Å². The zero-order valence-corrected chi connectivity index (χ0v) is 21.3. The van der Waals surface area contributed by atoms with Crippen molar-refractivity contribution in [2.45, 2.75) is 40.5 Å². The molecule has 0 bridgehead atoms. The van der Waals surface area contributed by atoms with Gasteiger partial charge >= 0.3 is 81.6 Å². The molecule has 0 saturated carbocycles. The summed E-state index contributed by atoms with van der Waals surface area (Å²) in [4.78, 5) is 0. The summed E-state index contributed by atoms with van der Waals surface area (Å²) in [6, 6.07) is 32.3. The molecule has 2 heteroatoms. The van der Waals surface area contributed by atoms with Gasteiger partial charge in [-0.05, 0) is 23.8 Å². The first kappa shape index (κ1) is 23.7. The minimum absolute atomic E-state index is 0.295. The summed E-state index contributed by atoms with van der Waals surface area (Å²) in [5.74, 6) is 2.19. The van der Waals surface area contributed by atoms with Gasteiger partial charge in [-0.25, -0.2) is 0 Å². The fraction of sp³-hybridized carbons (Fsp3) is 0.241. The van der Waals surface area contributed by atoms with E-state index in [1.54, 1.807) is 19.0 Å². The second kappa shape index (κ2) is 10.6. The van der Waals surface area contributed by atoms with Gasteiger partial charge in [-0.15, -0.1) is 0 Å². The largest absolute Gasteiger partial charge is 0.0622 e. The summed E-state index contributed by atoms with van der Waals surface area (Å²) in [5.41, 5.74) is 4.83. The smallest absolute Gasteiger partial charge is 0.0134 e.